The lowest BCUT2D eigenvalue weighted by atomic mass is 9.94. The number of piperidine rings is 1. The van der Waals surface area contributed by atoms with Crippen LogP contribution in [-0.4, -0.2) is 36.3 Å². The Kier molecular flexibility index (Phi) is 7.35. The van der Waals surface area contributed by atoms with Crippen LogP contribution in [0.5, 0.6) is 0 Å². The largest absolute Gasteiger partial charge is 0.459 e. The van der Waals surface area contributed by atoms with Crippen molar-refractivity contribution in [3.05, 3.63) is 24.2 Å². The van der Waals surface area contributed by atoms with E-state index in [1.807, 2.05) is 0 Å². The van der Waals surface area contributed by atoms with E-state index in [4.69, 9.17) is 4.42 Å². The van der Waals surface area contributed by atoms with E-state index in [2.05, 4.69) is 19.2 Å². The number of hydrogen-bond donors (Lipinski definition) is 1. The first-order valence-electron chi connectivity index (χ1n) is 9.26. The summed E-state index contributed by atoms with van der Waals surface area (Å²) >= 11 is 0. The van der Waals surface area contributed by atoms with Gasteiger partial charge in [0.25, 0.3) is 5.91 Å². The maximum absolute atomic E-state index is 12.4. The highest BCUT2D eigenvalue weighted by atomic mass is 16.3. The summed E-state index contributed by atoms with van der Waals surface area (Å²) in [7, 11) is 0. The van der Waals surface area contributed by atoms with Crippen LogP contribution in [0.15, 0.2) is 22.8 Å². The average Bonchev–Trinajstić information content (AvgIpc) is 3.16. The molecule has 2 heterocycles. The minimum atomic E-state index is -0.0792. The molecule has 1 aromatic rings. The molecule has 2 amide bonds. The second kappa shape index (κ2) is 9.50. The number of carbonyl (C=O) groups is 2. The van der Waals surface area contributed by atoms with Crippen molar-refractivity contribution in [2.75, 3.05) is 19.6 Å². The summed E-state index contributed by atoms with van der Waals surface area (Å²) in [6.45, 7) is 6.39. The number of amides is 2. The van der Waals surface area contributed by atoms with Crippen LogP contribution in [0.25, 0.3) is 0 Å². The van der Waals surface area contributed by atoms with Crippen LogP contribution in [0.2, 0.25) is 0 Å². The highest BCUT2D eigenvalue weighted by Crippen LogP contribution is 2.20. The van der Waals surface area contributed by atoms with Crippen LogP contribution in [0.3, 0.4) is 0 Å². The molecule has 5 heteroatoms. The van der Waals surface area contributed by atoms with Crippen molar-refractivity contribution in [2.45, 2.75) is 52.4 Å². The zero-order chi connectivity index (χ0) is 17.4. The molecule has 1 aliphatic rings. The van der Waals surface area contributed by atoms with Gasteiger partial charge >= 0.3 is 0 Å². The van der Waals surface area contributed by atoms with E-state index in [1.54, 1.807) is 17.0 Å². The number of nitrogens with zero attached hydrogens (tertiary/aromatic N) is 1. The fourth-order valence-corrected chi connectivity index (χ4v) is 3.23. The van der Waals surface area contributed by atoms with Crippen LogP contribution < -0.4 is 5.32 Å². The van der Waals surface area contributed by atoms with Gasteiger partial charge in [0.05, 0.1) is 6.26 Å². The molecule has 1 fully saturated rings. The van der Waals surface area contributed by atoms with Gasteiger partial charge in [-0.25, -0.2) is 0 Å². The Labute approximate surface area is 144 Å². The fraction of sp³-hybridized carbons (Fsp3) is 0.684. The van der Waals surface area contributed by atoms with Crippen molar-refractivity contribution in [1.82, 2.24) is 10.2 Å². The van der Waals surface area contributed by atoms with E-state index in [9.17, 15) is 9.59 Å². The molecule has 0 aromatic carbocycles. The van der Waals surface area contributed by atoms with Gasteiger partial charge in [0.15, 0.2) is 5.76 Å². The number of unbranched alkanes of at least 4 members (excludes halogenated alkanes) is 1. The van der Waals surface area contributed by atoms with E-state index in [1.165, 1.54) is 25.5 Å². The Hall–Kier alpha value is -1.78. The van der Waals surface area contributed by atoms with Gasteiger partial charge in [-0.2, -0.15) is 0 Å². The van der Waals surface area contributed by atoms with Gasteiger partial charge in [0.2, 0.25) is 5.91 Å². The van der Waals surface area contributed by atoms with Crippen LogP contribution in [0.1, 0.15) is 62.9 Å². The molecule has 0 spiro atoms. The van der Waals surface area contributed by atoms with Gasteiger partial charge in [0, 0.05) is 25.6 Å². The molecule has 1 N–H and O–H groups in total. The Bertz CT molecular complexity index is 505. The third kappa shape index (κ3) is 5.11. The second-order valence-corrected chi connectivity index (χ2v) is 6.71. The van der Waals surface area contributed by atoms with E-state index in [-0.39, 0.29) is 17.7 Å². The highest BCUT2D eigenvalue weighted by Gasteiger charge is 2.28. The van der Waals surface area contributed by atoms with E-state index >= 15 is 0 Å². The van der Waals surface area contributed by atoms with Crippen molar-refractivity contribution in [2.24, 2.45) is 11.8 Å². The molecule has 134 valence electrons. The SMILES string of the molecule is CCCC[C@@H](CC)CNC(=O)C1CCN(C(=O)c2ccco2)CC1. The molecule has 0 aliphatic carbocycles. The van der Waals surface area contributed by atoms with Crippen molar-refractivity contribution in [3.8, 4) is 0 Å². The molecule has 1 atom stereocenters. The molecule has 5 nitrogen and oxygen atoms in total. The number of furan rings is 1. The predicted molar refractivity (Wildman–Crippen MR) is 93.7 cm³/mol. The first-order chi connectivity index (χ1) is 11.7. The third-order valence-corrected chi connectivity index (χ3v) is 4.99. The summed E-state index contributed by atoms with van der Waals surface area (Å²) in [6, 6.07) is 3.40. The number of hydrogen-bond acceptors (Lipinski definition) is 3. The average molecular weight is 334 g/mol. The van der Waals surface area contributed by atoms with E-state index in [0.29, 0.717) is 24.8 Å². The van der Waals surface area contributed by atoms with Gasteiger partial charge in [-0.15, -0.1) is 0 Å². The first-order valence-corrected chi connectivity index (χ1v) is 9.26. The topological polar surface area (TPSA) is 62.6 Å². The number of nitrogens with one attached hydrogen (secondary N) is 1. The molecule has 0 bridgehead atoms. The molecular weight excluding hydrogens is 304 g/mol. The summed E-state index contributed by atoms with van der Waals surface area (Å²) in [6.07, 6.45) is 7.68. The molecule has 1 aromatic heterocycles. The maximum atomic E-state index is 12.4. The Balaban J connectivity index is 1.73. The van der Waals surface area contributed by atoms with Gasteiger partial charge in [0.1, 0.15) is 0 Å². The molecule has 24 heavy (non-hydrogen) atoms. The van der Waals surface area contributed by atoms with Crippen LogP contribution in [-0.2, 0) is 4.79 Å². The van der Waals surface area contributed by atoms with Gasteiger partial charge in [-0.1, -0.05) is 33.1 Å². The van der Waals surface area contributed by atoms with Gasteiger partial charge in [-0.05, 0) is 37.3 Å². The summed E-state index contributed by atoms with van der Waals surface area (Å²) in [5.74, 6) is 1.04. The summed E-state index contributed by atoms with van der Waals surface area (Å²) < 4.78 is 5.16. The van der Waals surface area contributed by atoms with Crippen molar-refractivity contribution in [3.63, 3.8) is 0 Å². The summed E-state index contributed by atoms with van der Waals surface area (Å²) in [4.78, 5) is 26.4. The Morgan fingerprint density at radius 2 is 2.08 bits per heavy atom. The van der Waals surface area contributed by atoms with Crippen LogP contribution in [0, 0.1) is 11.8 Å². The normalized spacial score (nSPS) is 16.8. The lowest BCUT2D eigenvalue weighted by Gasteiger charge is -2.31. The van der Waals surface area contributed by atoms with Gasteiger partial charge in [-0.3, -0.25) is 9.59 Å². The fourth-order valence-electron chi connectivity index (χ4n) is 3.23. The smallest absolute Gasteiger partial charge is 0.289 e. The van der Waals surface area contributed by atoms with Crippen molar-refractivity contribution in [1.29, 1.82) is 0 Å². The Morgan fingerprint density at radius 3 is 2.67 bits per heavy atom. The van der Waals surface area contributed by atoms with E-state index in [0.717, 1.165) is 25.8 Å². The minimum absolute atomic E-state index is 0.0225. The molecular formula is C19H30N2O3. The number of carbonyl (C=O) groups excluding carboxylic acids is 2. The molecule has 0 unspecified atom stereocenters. The maximum Gasteiger partial charge on any atom is 0.289 e. The van der Waals surface area contributed by atoms with Gasteiger partial charge < -0.3 is 14.6 Å². The summed E-state index contributed by atoms with van der Waals surface area (Å²) in [5.41, 5.74) is 0. The van der Waals surface area contributed by atoms with Crippen LogP contribution >= 0.6 is 0 Å². The first kappa shape index (κ1) is 18.6. The zero-order valence-corrected chi connectivity index (χ0v) is 14.9. The minimum Gasteiger partial charge on any atom is -0.459 e. The standard InChI is InChI=1S/C19H30N2O3/c1-3-5-7-15(4-2)14-20-18(22)16-9-11-21(12-10-16)19(23)17-8-6-13-24-17/h6,8,13,15-16H,3-5,7,9-12,14H2,1-2H3,(H,20,22)/t15-/m1/s1. The van der Waals surface area contributed by atoms with E-state index < -0.39 is 0 Å². The lowest BCUT2D eigenvalue weighted by molar-refractivity contribution is -0.126. The molecule has 1 saturated heterocycles. The monoisotopic (exact) mass is 334 g/mol. The molecule has 0 saturated carbocycles. The highest BCUT2D eigenvalue weighted by molar-refractivity contribution is 5.91. The summed E-state index contributed by atoms with van der Waals surface area (Å²) in [5, 5.41) is 3.12. The quantitative estimate of drug-likeness (QED) is 0.792. The second-order valence-electron chi connectivity index (χ2n) is 6.71. The molecule has 1 aliphatic heterocycles. The predicted octanol–water partition coefficient (Wildman–Crippen LogP) is 3.46. The molecule has 2 rings (SSSR count). The van der Waals surface area contributed by atoms with Crippen molar-refractivity contribution < 1.29 is 14.0 Å². The Morgan fingerprint density at radius 1 is 1.33 bits per heavy atom. The lowest BCUT2D eigenvalue weighted by Crippen LogP contribution is -2.43. The number of likely N-dealkylation sites (tertiary alicyclic amines) is 1. The van der Waals surface area contributed by atoms with Crippen LogP contribution in [0.4, 0.5) is 0 Å². The molecule has 0 radical (unpaired) electrons. The third-order valence-electron chi connectivity index (χ3n) is 4.99. The van der Waals surface area contributed by atoms with Crippen molar-refractivity contribution >= 4 is 11.8 Å². The number of rotatable bonds is 8. The zero-order valence-electron chi connectivity index (χ0n) is 14.9.